The number of benzene rings is 1. The van der Waals surface area contributed by atoms with Crippen LogP contribution in [0.15, 0.2) is 18.2 Å². The van der Waals surface area contributed by atoms with Crippen LogP contribution in [0.3, 0.4) is 0 Å². The molecule has 0 unspecified atom stereocenters. The minimum absolute atomic E-state index is 0.749. The van der Waals surface area contributed by atoms with Crippen molar-refractivity contribution in [3.8, 4) is 0 Å². The molecule has 1 heterocycles. The Hall–Kier alpha value is -0.890. The van der Waals surface area contributed by atoms with E-state index in [0.717, 1.165) is 5.92 Å². The van der Waals surface area contributed by atoms with Gasteiger partial charge in [-0.05, 0) is 43.4 Å². The molecule has 1 aliphatic carbocycles. The Morgan fingerprint density at radius 2 is 1.33 bits per heavy atom. The van der Waals surface area contributed by atoms with Gasteiger partial charge in [-0.3, -0.25) is 0 Å². The van der Waals surface area contributed by atoms with Gasteiger partial charge in [-0.2, -0.15) is 0 Å². The lowest BCUT2D eigenvalue weighted by molar-refractivity contribution is 0.470. The Bertz CT molecular complexity index is 601. The fourth-order valence-corrected chi connectivity index (χ4v) is 4.97. The van der Waals surface area contributed by atoms with Crippen LogP contribution >= 0.6 is 11.3 Å². The summed E-state index contributed by atoms with van der Waals surface area (Å²) in [5.74, 6) is 0.749. The summed E-state index contributed by atoms with van der Waals surface area (Å²) in [7, 11) is 0. The van der Waals surface area contributed by atoms with Crippen LogP contribution in [0.2, 0.25) is 0 Å². The first-order valence-corrected chi connectivity index (χ1v) is 11.0. The minimum Gasteiger partial charge on any atom is -0.242 e. The van der Waals surface area contributed by atoms with Gasteiger partial charge in [0, 0.05) is 0 Å². The lowest BCUT2D eigenvalue weighted by Gasteiger charge is -2.18. The van der Waals surface area contributed by atoms with Crippen molar-refractivity contribution in [3.05, 3.63) is 28.8 Å². The maximum absolute atomic E-state index is 4.71. The SMILES string of the molecule is Cc1nc2cc(C3CCCCCCCCCCCCC3)ccc2s1. The van der Waals surface area contributed by atoms with Gasteiger partial charge in [-0.15, -0.1) is 11.3 Å². The molecule has 132 valence electrons. The Labute approximate surface area is 151 Å². The van der Waals surface area contributed by atoms with E-state index in [1.54, 1.807) is 5.56 Å². The van der Waals surface area contributed by atoms with Gasteiger partial charge in [0.1, 0.15) is 0 Å². The average molecular weight is 344 g/mol. The number of nitrogens with zero attached hydrogens (tertiary/aromatic N) is 1. The van der Waals surface area contributed by atoms with Crippen molar-refractivity contribution in [1.82, 2.24) is 4.98 Å². The summed E-state index contributed by atoms with van der Waals surface area (Å²) in [6.45, 7) is 2.12. The van der Waals surface area contributed by atoms with E-state index in [0.29, 0.717) is 0 Å². The third-order valence-electron chi connectivity index (χ3n) is 5.60. The summed E-state index contributed by atoms with van der Waals surface area (Å²) >= 11 is 1.82. The minimum atomic E-state index is 0.749. The van der Waals surface area contributed by atoms with Gasteiger partial charge in [0.05, 0.1) is 15.2 Å². The van der Waals surface area contributed by atoms with Gasteiger partial charge in [-0.1, -0.05) is 76.7 Å². The largest absolute Gasteiger partial charge is 0.242 e. The second-order valence-electron chi connectivity index (χ2n) is 7.62. The van der Waals surface area contributed by atoms with E-state index in [4.69, 9.17) is 4.98 Å². The molecule has 0 N–H and O–H groups in total. The highest BCUT2D eigenvalue weighted by Crippen LogP contribution is 2.32. The Balaban J connectivity index is 1.66. The highest BCUT2D eigenvalue weighted by molar-refractivity contribution is 7.18. The van der Waals surface area contributed by atoms with E-state index in [-0.39, 0.29) is 0 Å². The molecule has 3 rings (SSSR count). The lowest BCUT2D eigenvalue weighted by atomic mass is 9.87. The van der Waals surface area contributed by atoms with E-state index in [1.807, 2.05) is 11.3 Å². The monoisotopic (exact) mass is 343 g/mol. The number of thiazole rings is 1. The molecule has 1 saturated carbocycles. The van der Waals surface area contributed by atoms with Crippen molar-refractivity contribution in [2.75, 3.05) is 0 Å². The van der Waals surface area contributed by atoms with Gasteiger partial charge >= 0.3 is 0 Å². The molecule has 1 aromatic carbocycles. The van der Waals surface area contributed by atoms with Gasteiger partial charge in [0.2, 0.25) is 0 Å². The molecule has 1 aromatic heterocycles. The molecule has 0 saturated heterocycles. The highest BCUT2D eigenvalue weighted by atomic mass is 32.1. The molecule has 0 spiro atoms. The third-order valence-corrected chi connectivity index (χ3v) is 6.55. The number of aryl methyl sites for hydroxylation is 1. The molecule has 0 atom stereocenters. The van der Waals surface area contributed by atoms with E-state index in [1.165, 1.54) is 98.7 Å². The first-order valence-electron chi connectivity index (χ1n) is 10.2. The molecule has 2 heteroatoms. The number of rotatable bonds is 1. The molecule has 0 aliphatic heterocycles. The maximum atomic E-state index is 4.71. The van der Waals surface area contributed by atoms with Crippen LogP contribution in [0.5, 0.6) is 0 Å². The zero-order valence-electron chi connectivity index (χ0n) is 15.4. The van der Waals surface area contributed by atoms with Crippen LogP contribution in [-0.2, 0) is 0 Å². The summed E-state index contributed by atoms with van der Waals surface area (Å²) in [6, 6.07) is 7.07. The van der Waals surface area contributed by atoms with Crippen molar-refractivity contribution in [2.24, 2.45) is 0 Å². The average Bonchev–Trinajstić information content (AvgIpc) is 2.96. The maximum Gasteiger partial charge on any atom is 0.0907 e. The normalized spacial score (nSPS) is 20.0. The van der Waals surface area contributed by atoms with Gasteiger partial charge in [-0.25, -0.2) is 4.98 Å². The van der Waals surface area contributed by atoms with Crippen molar-refractivity contribution < 1.29 is 0 Å². The summed E-state index contributed by atoms with van der Waals surface area (Å²) in [4.78, 5) is 4.71. The van der Waals surface area contributed by atoms with Crippen molar-refractivity contribution in [1.29, 1.82) is 0 Å². The summed E-state index contributed by atoms with van der Waals surface area (Å²) < 4.78 is 1.34. The Morgan fingerprint density at radius 1 is 0.792 bits per heavy atom. The van der Waals surface area contributed by atoms with Crippen LogP contribution in [0.1, 0.15) is 100.0 Å². The number of hydrogen-bond acceptors (Lipinski definition) is 2. The predicted octanol–water partition coefficient (Wildman–Crippen LogP) is 7.77. The fourth-order valence-electron chi connectivity index (χ4n) is 4.16. The van der Waals surface area contributed by atoms with Crippen LogP contribution in [-0.4, -0.2) is 4.98 Å². The molecule has 0 bridgehead atoms. The van der Waals surface area contributed by atoms with Gasteiger partial charge < -0.3 is 0 Å². The van der Waals surface area contributed by atoms with Crippen molar-refractivity contribution in [2.45, 2.75) is 96.3 Å². The lowest BCUT2D eigenvalue weighted by Crippen LogP contribution is -2.00. The van der Waals surface area contributed by atoms with E-state index >= 15 is 0 Å². The molecule has 24 heavy (non-hydrogen) atoms. The van der Waals surface area contributed by atoms with Crippen LogP contribution < -0.4 is 0 Å². The summed E-state index contributed by atoms with van der Waals surface area (Å²) in [6.07, 6.45) is 18.6. The quantitative estimate of drug-likeness (QED) is 0.515. The second kappa shape index (κ2) is 9.56. The van der Waals surface area contributed by atoms with Crippen LogP contribution in [0.4, 0.5) is 0 Å². The number of aromatic nitrogens is 1. The zero-order valence-corrected chi connectivity index (χ0v) is 16.2. The van der Waals surface area contributed by atoms with Gasteiger partial charge in [0.15, 0.2) is 0 Å². The molecule has 1 nitrogen and oxygen atoms in total. The molecular formula is C22H33NS. The van der Waals surface area contributed by atoms with E-state index < -0.39 is 0 Å². The van der Waals surface area contributed by atoms with E-state index in [9.17, 15) is 0 Å². The van der Waals surface area contributed by atoms with E-state index in [2.05, 4.69) is 25.1 Å². The fraction of sp³-hybridized carbons (Fsp3) is 0.682. The van der Waals surface area contributed by atoms with Gasteiger partial charge in [0.25, 0.3) is 0 Å². The molecule has 0 amide bonds. The second-order valence-corrected chi connectivity index (χ2v) is 8.86. The van der Waals surface area contributed by atoms with Crippen LogP contribution in [0.25, 0.3) is 10.2 Å². The smallest absolute Gasteiger partial charge is 0.0907 e. The number of fused-ring (bicyclic) bond motifs is 1. The predicted molar refractivity (Wildman–Crippen MR) is 107 cm³/mol. The zero-order chi connectivity index (χ0) is 16.6. The Kier molecular flexibility index (Phi) is 7.13. The standard InChI is InChI=1S/C22H33NS/c1-18-23-21-17-20(15-16-22(21)24-18)19-13-11-9-7-5-3-2-4-6-8-10-12-14-19/h15-17,19H,2-14H2,1H3. The molecule has 1 aliphatic rings. The topological polar surface area (TPSA) is 12.9 Å². The number of hydrogen-bond donors (Lipinski definition) is 0. The van der Waals surface area contributed by atoms with Crippen LogP contribution in [0, 0.1) is 6.92 Å². The molecule has 2 aromatic rings. The first-order chi connectivity index (χ1) is 11.8. The molecule has 0 radical (unpaired) electrons. The molecular weight excluding hydrogens is 310 g/mol. The highest BCUT2D eigenvalue weighted by Gasteiger charge is 2.13. The first kappa shape index (κ1) is 17.9. The van der Waals surface area contributed by atoms with Crippen molar-refractivity contribution in [3.63, 3.8) is 0 Å². The molecule has 1 fully saturated rings. The summed E-state index contributed by atoms with van der Waals surface area (Å²) in [5, 5.41) is 1.19. The summed E-state index contributed by atoms with van der Waals surface area (Å²) in [5.41, 5.74) is 2.76. The third kappa shape index (κ3) is 5.31. The Morgan fingerprint density at radius 3 is 1.92 bits per heavy atom. The van der Waals surface area contributed by atoms with Crippen molar-refractivity contribution >= 4 is 21.6 Å².